The van der Waals surface area contributed by atoms with Crippen LogP contribution >= 0.6 is 15.9 Å². The van der Waals surface area contributed by atoms with Crippen LogP contribution in [0.15, 0.2) is 16.6 Å². The van der Waals surface area contributed by atoms with Gasteiger partial charge in [-0.2, -0.15) is 0 Å². The lowest BCUT2D eigenvalue weighted by Crippen LogP contribution is -2.02. The highest BCUT2D eigenvalue weighted by Gasteiger charge is 2.08. The molecule has 0 unspecified atom stereocenters. The molecule has 0 atom stereocenters. The van der Waals surface area contributed by atoms with E-state index in [4.69, 9.17) is 15.2 Å². The first-order valence-corrected chi connectivity index (χ1v) is 6.33. The van der Waals surface area contributed by atoms with Crippen molar-refractivity contribution in [2.24, 2.45) is 0 Å². The Morgan fingerprint density at radius 2 is 1.56 bits per heavy atom. The summed E-state index contributed by atoms with van der Waals surface area (Å²) < 4.78 is 12.0. The lowest BCUT2D eigenvalue weighted by molar-refractivity contribution is 0.268. The molecule has 0 aliphatic rings. The van der Waals surface area contributed by atoms with Crippen molar-refractivity contribution < 1.29 is 9.47 Å². The van der Waals surface area contributed by atoms with Crippen molar-refractivity contribution in [2.45, 2.75) is 26.7 Å². The van der Waals surface area contributed by atoms with Gasteiger partial charge in [0.15, 0.2) is 11.5 Å². The maximum absolute atomic E-state index is 5.81. The average Bonchev–Trinajstić information content (AvgIpc) is 2.28. The molecule has 0 aliphatic carbocycles. The number of nitrogen functional groups attached to an aromatic ring is 1. The highest BCUT2D eigenvalue weighted by Crippen LogP contribution is 2.35. The Hall–Kier alpha value is -0.900. The Kier molecular flexibility index (Phi) is 5.46. The normalized spacial score (nSPS) is 10.2. The summed E-state index contributed by atoms with van der Waals surface area (Å²) in [6.45, 7) is 5.48. The topological polar surface area (TPSA) is 44.5 Å². The van der Waals surface area contributed by atoms with Gasteiger partial charge >= 0.3 is 0 Å². The number of rotatable bonds is 6. The predicted molar refractivity (Wildman–Crippen MR) is 70.1 cm³/mol. The van der Waals surface area contributed by atoms with Crippen LogP contribution in [0.2, 0.25) is 0 Å². The Morgan fingerprint density at radius 1 is 1.06 bits per heavy atom. The van der Waals surface area contributed by atoms with Crippen LogP contribution < -0.4 is 15.2 Å². The van der Waals surface area contributed by atoms with Crippen LogP contribution in [-0.4, -0.2) is 13.2 Å². The van der Waals surface area contributed by atoms with Crippen LogP contribution in [0, 0.1) is 0 Å². The summed E-state index contributed by atoms with van der Waals surface area (Å²) in [6, 6.07) is 3.65. The Labute approximate surface area is 105 Å². The molecule has 0 saturated carbocycles. The SMILES string of the molecule is CCCOc1cc(N)c(Br)cc1OCCC. The molecule has 3 nitrogen and oxygen atoms in total. The first-order chi connectivity index (χ1) is 7.69. The highest BCUT2D eigenvalue weighted by molar-refractivity contribution is 9.10. The summed E-state index contributed by atoms with van der Waals surface area (Å²) in [5.74, 6) is 1.47. The maximum atomic E-state index is 5.81. The Bertz CT molecular complexity index is 309. The van der Waals surface area contributed by atoms with Crippen LogP contribution in [0.4, 0.5) is 5.69 Å². The molecule has 1 rings (SSSR count). The van der Waals surface area contributed by atoms with Crippen LogP contribution in [0.1, 0.15) is 26.7 Å². The first-order valence-electron chi connectivity index (χ1n) is 5.53. The van der Waals surface area contributed by atoms with Gasteiger partial charge in [0.2, 0.25) is 0 Å². The van der Waals surface area contributed by atoms with Gasteiger partial charge in [0.25, 0.3) is 0 Å². The average molecular weight is 288 g/mol. The largest absolute Gasteiger partial charge is 0.490 e. The molecule has 1 aromatic rings. The second kappa shape index (κ2) is 6.63. The monoisotopic (exact) mass is 287 g/mol. The number of ether oxygens (including phenoxy) is 2. The van der Waals surface area contributed by atoms with Crippen molar-refractivity contribution in [1.29, 1.82) is 0 Å². The number of anilines is 1. The summed E-state index contributed by atoms with van der Waals surface area (Å²) >= 11 is 3.38. The maximum Gasteiger partial charge on any atom is 0.163 e. The molecule has 0 radical (unpaired) electrons. The molecule has 1 aromatic carbocycles. The third-order valence-corrected chi connectivity index (χ3v) is 2.67. The van der Waals surface area contributed by atoms with Crippen molar-refractivity contribution >= 4 is 21.6 Å². The minimum absolute atomic E-state index is 0.662. The van der Waals surface area contributed by atoms with E-state index < -0.39 is 0 Å². The Balaban J connectivity index is 2.87. The molecule has 0 bridgehead atoms. The Morgan fingerprint density at radius 3 is 2.06 bits per heavy atom. The molecule has 4 heteroatoms. The molecule has 16 heavy (non-hydrogen) atoms. The van der Waals surface area contributed by atoms with Gasteiger partial charge in [0.1, 0.15) is 0 Å². The highest BCUT2D eigenvalue weighted by atomic mass is 79.9. The molecule has 0 saturated heterocycles. The van der Waals surface area contributed by atoms with Crippen LogP contribution in [0.5, 0.6) is 11.5 Å². The molecule has 2 N–H and O–H groups in total. The molecule has 0 heterocycles. The molecule has 0 amide bonds. The van der Waals surface area contributed by atoms with Gasteiger partial charge in [-0.1, -0.05) is 13.8 Å². The summed E-state index contributed by atoms with van der Waals surface area (Å²) in [6.07, 6.45) is 1.93. The van der Waals surface area contributed by atoms with E-state index in [-0.39, 0.29) is 0 Å². The number of benzene rings is 1. The van der Waals surface area contributed by atoms with E-state index >= 15 is 0 Å². The van der Waals surface area contributed by atoms with Crippen molar-refractivity contribution in [3.05, 3.63) is 16.6 Å². The fourth-order valence-electron chi connectivity index (χ4n) is 1.20. The summed E-state index contributed by atoms with van der Waals surface area (Å²) in [7, 11) is 0. The van der Waals surface area contributed by atoms with Gasteiger partial charge in [-0.25, -0.2) is 0 Å². The standard InChI is InChI=1S/C12H18BrNO2/c1-3-5-15-11-7-9(13)10(14)8-12(11)16-6-4-2/h7-8H,3-6,14H2,1-2H3. The van der Waals surface area contributed by atoms with Gasteiger partial charge in [0, 0.05) is 22.3 Å². The van der Waals surface area contributed by atoms with E-state index in [2.05, 4.69) is 29.8 Å². The van der Waals surface area contributed by atoms with Gasteiger partial charge < -0.3 is 15.2 Å². The zero-order valence-electron chi connectivity index (χ0n) is 9.75. The fourth-order valence-corrected chi connectivity index (χ4v) is 1.52. The molecule has 0 aromatic heterocycles. The van der Waals surface area contributed by atoms with Gasteiger partial charge in [-0.3, -0.25) is 0 Å². The van der Waals surface area contributed by atoms with E-state index in [1.807, 2.05) is 6.07 Å². The molecular weight excluding hydrogens is 270 g/mol. The predicted octanol–water partition coefficient (Wildman–Crippen LogP) is 3.61. The molecule has 0 spiro atoms. The molecular formula is C12H18BrNO2. The van der Waals surface area contributed by atoms with E-state index in [1.54, 1.807) is 6.07 Å². The molecule has 0 fully saturated rings. The van der Waals surface area contributed by atoms with Crippen molar-refractivity contribution in [3.8, 4) is 11.5 Å². The van der Waals surface area contributed by atoms with E-state index in [1.165, 1.54) is 0 Å². The minimum Gasteiger partial charge on any atom is -0.490 e. The quantitative estimate of drug-likeness (QED) is 0.813. The van der Waals surface area contributed by atoms with E-state index in [9.17, 15) is 0 Å². The van der Waals surface area contributed by atoms with Gasteiger partial charge in [-0.15, -0.1) is 0 Å². The molecule has 0 aliphatic heterocycles. The van der Waals surface area contributed by atoms with Gasteiger partial charge in [0.05, 0.1) is 13.2 Å². The first kappa shape index (κ1) is 13.2. The third-order valence-electron chi connectivity index (χ3n) is 1.99. The van der Waals surface area contributed by atoms with E-state index in [0.29, 0.717) is 18.9 Å². The van der Waals surface area contributed by atoms with Crippen molar-refractivity contribution in [1.82, 2.24) is 0 Å². The smallest absolute Gasteiger partial charge is 0.163 e. The summed E-state index contributed by atoms with van der Waals surface area (Å²) in [5, 5.41) is 0. The zero-order valence-corrected chi connectivity index (χ0v) is 11.3. The fraction of sp³-hybridized carbons (Fsp3) is 0.500. The number of hydrogen-bond acceptors (Lipinski definition) is 3. The van der Waals surface area contributed by atoms with E-state index in [0.717, 1.165) is 28.8 Å². The third kappa shape index (κ3) is 3.59. The second-order valence-electron chi connectivity index (χ2n) is 3.52. The lowest BCUT2D eigenvalue weighted by atomic mass is 10.3. The second-order valence-corrected chi connectivity index (χ2v) is 4.37. The summed E-state index contributed by atoms with van der Waals surface area (Å²) in [5.41, 5.74) is 6.47. The number of hydrogen-bond donors (Lipinski definition) is 1. The van der Waals surface area contributed by atoms with Crippen LogP contribution in [0.25, 0.3) is 0 Å². The van der Waals surface area contributed by atoms with Crippen molar-refractivity contribution in [3.63, 3.8) is 0 Å². The zero-order chi connectivity index (χ0) is 12.0. The summed E-state index contributed by atoms with van der Waals surface area (Å²) in [4.78, 5) is 0. The van der Waals surface area contributed by atoms with Crippen molar-refractivity contribution in [2.75, 3.05) is 18.9 Å². The molecule has 90 valence electrons. The lowest BCUT2D eigenvalue weighted by Gasteiger charge is -2.13. The number of halogens is 1. The van der Waals surface area contributed by atoms with Crippen LogP contribution in [0.3, 0.4) is 0 Å². The number of nitrogens with two attached hydrogens (primary N) is 1. The minimum atomic E-state index is 0.662. The van der Waals surface area contributed by atoms with Crippen LogP contribution in [-0.2, 0) is 0 Å². The van der Waals surface area contributed by atoms with Gasteiger partial charge in [-0.05, 0) is 28.8 Å².